The number of halogens is 2. The highest BCUT2D eigenvalue weighted by molar-refractivity contribution is 5.26. The summed E-state index contributed by atoms with van der Waals surface area (Å²) in [5.41, 5.74) is 6.41. The molecule has 2 N–H and O–H groups in total. The molecule has 84 valence electrons. The molecule has 0 heterocycles. The lowest BCUT2D eigenvalue weighted by Gasteiger charge is -2.11. The van der Waals surface area contributed by atoms with Gasteiger partial charge in [-0.2, -0.15) is 0 Å². The van der Waals surface area contributed by atoms with Crippen LogP contribution in [0.5, 0.6) is 5.75 Å². The summed E-state index contributed by atoms with van der Waals surface area (Å²) >= 11 is 0. The molecule has 0 bridgehead atoms. The summed E-state index contributed by atoms with van der Waals surface area (Å²) in [7, 11) is 0. The van der Waals surface area contributed by atoms with Crippen molar-refractivity contribution in [1.29, 1.82) is 0 Å². The van der Waals surface area contributed by atoms with Crippen molar-refractivity contribution >= 4 is 0 Å². The molecule has 0 saturated carbocycles. The van der Waals surface area contributed by atoms with Crippen molar-refractivity contribution in [2.75, 3.05) is 6.61 Å². The van der Waals surface area contributed by atoms with Crippen LogP contribution in [0.15, 0.2) is 24.3 Å². The van der Waals surface area contributed by atoms with Gasteiger partial charge in [0.2, 0.25) is 5.92 Å². The van der Waals surface area contributed by atoms with Gasteiger partial charge in [0.25, 0.3) is 0 Å². The summed E-state index contributed by atoms with van der Waals surface area (Å²) < 4.78 is 30.1. The van der Waals surface area contributed by atoms with E-state index >= 15 is 0 Å². The predicted molar refractivity (Wildman–Crippen MR) is 55.1 cm³/mol. The van der Waals surface area contributed by atoms with E-state index in [1.165, 1.54) is 0 Å². The molecule has 0 radical (unpaired) electrons. The van der Waals surface area contributed by atoms with Crippen LogP contribution in [0, 0.1) is 0 Å². The third-order valence-electron chi connectivity index (χ3n) is 1.97. The molecule has 0 amide bonds. The van der Waals surface area contributed by atoms with Gasteiger partial charge in [0.05, 0.1) is 6.61 Å². The monoisotopic (exact) mass is 215 g/mol. The van der Waals surface area contributed by atoms with Crippen LogP contribution in [0.3, 0.4) is 0 Å². The Balaban J connectivity index is 2.38. The summed E-state index contributed by atoms with van der Waals surface area (Å²) in [5.74, 6) is -2.08. The standard InChI is InChI=1S/C11H15F2NO/c1-11(12,13)6-7-15-10-4-2-9(8-14)3-5-10/h2-5H,6-8,14H2,1H3. The zero-order valence-corrected chi connectivity index (χ0v) is 8.67. The van der Waals surface area contributed by atoms with Gasteiger partial charge in [0.15, 0.2) is 0 Å². The topological polar surface area (TPSA) is 35.2 Å². The van der Waals surface area contributed by atoms with Crippen molar-refractivity contribution < 1.29 is 13.5 Å². The first-order valence-electron chi connectivity index (χ1n) is 4.81. The smallest absolute Gasteiger partial charge is 0.248 e. The highest BCUT2D eigenvalue weighted by Crippen LogP contribution is 2.18. The highest BCUT2D eigenvalue weighted by Gasteiger charge is 2.20. The molecule has 0 aliphatic rings. The van der Waals surface area contributed by atoms with Gasteiger partial charge in [-0.25, -0.2) is 8.78 Å². The fraction of sp³-hybridized carbons (Fsp3) is 0.455. The predicted octanol–water partition coefficient (Wildman–Crippen LogP) is 2.57. The average Bonchev–Trinajstić information content (AvgIpc) is 2.17. The van der Waals surface area contributed by atoms with Crippen LogP contribution in [0.2, 0.25) is 0 Å². The first-order chi connectivity index (χ1) is 7.01. The van der Waals surface area contributed by atoms with E-state index in [2.05, 4.69) is 0 Å². The summed E-state index contributed by atoms with van der Waals surface area (Å²) in [4.78, 5) is 0. The van der Waals surface area contributed by atoms with Crippen LogP contribution < -0.4 is 10.5 Å². The molecule has 1 rings (SSSR count). The number of benzene rings is 1. The Morgan fingerprint density at radius 3 is 2.33 bits per heavy atom. The van der Waals surface area contributed by atoms with Crippen LogP contribution in [0.4, 0.5) is 8.78 Å². The molecule has 4 heteroatoms. The fourth-order valence-corrected chi connectivity index (χ4v) is 1.07. The SMILES string of the molecule is CC(F)(F)CCOc1ccc(CN)cc1. The first kappa shape index (κ1) is 11.9. The minimum absolute atomic E-state index is 0.0193. The number of hydrogen-bond donors (Lipinski definition) is 1. The number of ether oxygens (including phenoxy) is 1. The van der Waals surface area contributed by atoms with E-state index < -0.39 is 5.92 Å². The summed E-state index contributed by atoms with van der Waals surface area (Å²) in [6.45, 7) is 1.37. The van der Waals surface area contributed by atoms with Crippen molar-refractivity contribution in [3.05, 3.63) is 29.8 Å². The Kier molecular flexibility index (Phi) is 4.03. The van der Waals surface area contributed by atoms with Crippen molar-refractivity contribution in [2.45, 2.75) is 25.8 Å². The third kappa shape index (κ3) is 4.74. The van der Waals surface area contributed by atoms with E-state index in [-0.39, 0.29) is 13.0 Å². The van der Waals surface area contributed by atoms with Crippen LogP contribution in [0.1, 0.15) is 18.9 Å². The first-order valence-corrected chi connectivity index (χ1v) is 4.81. The van der Waals surface area contributed by atoms with Gasteiger partial charge in [0.1, 0.15) is 5.75 Å². The summed E-state index contributed by atoms with van der Waals surface area (Å²) in [6.07, 6.45) is -0.272. The number of nitrogens with two attached hydrogens (primary N) is 1. The molecule has 0 unspecified atom stereocenters. The van der Waals surface area contributed by atoms with Crippen molar-refractivity contribution in [3.63, 3.8) is 0 Å². The van der Waals surface area contributed by atoms with Gasteiger partial charge in [-0.15, -0.1) is 0 Å². The second-order valence-electron chi connectivity index (χ2n) is 3.52. The molecule has 0 aromatic heterocycles. The van der Waals surface area contributed by atoms with Crippen molar-refractivity contribution in [1.82, 2.24) is 0 Å². The van der Waals surface area contributed by atoms with Crippen LogP contribution >= 0.6 is 0 Å². The molecule has 0 aliphatic carbocycles. The Hall–Kier alpha value is -1.16. The van der Waals surface area contributed by atoms with E-state index in [1.54, 1.807) is 12.1 Å². The second kappa shape index (κ2) is 5.07. The van der Waals surface area contributed by atoms with Gasteiger partial charge in [-0.3, -0.25) is 0 Å². The molecule has 1 aromatic carbocycles. The maximum atomic E-state index is 12.4. The Labute approximate surface area is 88.0 Å². The van der Waals surface area contributed by atoms with Gasteiger partial charge in [-0.05, 0) is 24.6 Å². The van der Waals surface area contributed by atoms with E-state index in [4.69, 9.17) is 10.5 Å². The molecule has 0 fully saturated rings. The molecule has 0 spiro atoms. The maximum absolute atomic E-state index is 12.4. The van der Waals surface area contributed by atoms with Crippen molar-refractivity contribution in [2.24, 2.45) is 5.73 Å². The number of alkyl halides is 2. The Bertz CT molecular complexity index is 292. The average molecular weight is 215 g/mol. The zero-order valence-electron chi connectivity index (χ0n) is 8.67. The molecular weight excluding hydrogens is 200 g/mol. The van der Waals surface area contributed by atoms with Crippen LogP contribution in [-0.2, 0) is 6.54 Å². The lowest BCUT2D eigenvalue weighted by molar-refractivity contribution is 0.000864. The van der Waals surface area contributed by atoms with Gasteiger partial charge in [-0.1, -0.05) is 12.1 Å². The Morgan fingerprint density at radius 2 is 1.87 bits per heavy atom. The highest BCUT2D eigenvalue weighted by atomic mass is 19.3. The second-order valence-corrected chi connectivity index (χ2v) is 3.52. The van der Waals surface area contributed by atoms with E-state index in [0.29, 0.717) is 12.3 Å². The molecule has 15 heavy (non-hydrogen) atoms. The number of rotatable bonds is 5. The van der Waals surface area contributed by atoms with E-state index in [0.717, 1.165) is 12.5 Å². The molecule has 1 aromatic rings. The van der Waals surface area contributed by atoms with E-state index in [1.807, 2.05) is 12.1 Å². The van der Waals surface area contributed by atoms with E-state index in [9.17, 15) is 8.78 Å². The minimum Gasteiger partial charge on any atom is -0.493 e. The number of hydrogen-bond acceptors (Lipinski definition) is 2. The Morgan fingerprint density at radius 1 is 1.27 bits per heavy atom. The molecular formula is C11H15F2NO. The zero-order chi connectivity index (χ0) is 11.3. The molecule has 0 atom stereocenters. The largest absolute Gasteiger partial charge is 0.493 e. The molecule has 0 aliphatic heterocycles. The summed E-state index contributed by atoms with van der Waals surface area (Å²) in [6, 6.07) is 7.10. The maximum Gasteiger partial charge on any atom is 0.248 e. The minimum atomic E-state index is -2.67. The van der Waals surface area contributed by atoms with Crippen LogP contribution in [0.25, 0.3) is 0 Å². The lowest BCUT2D eigenvalue weighted by Crippen LogP contribution is -2.14. The molecule has 0 saturated heterocycles. The lowest BCUT2D eigenvalue weighted by atomic mass is 10.2. The van der Waals surface area contributed by atoms with Crippen LogP contribution in [-0.4, -0.2) is 12.5 Å². The van der Waals surface area contributed by atoms with Crippen molar-refractivity contribution in [3.8, 4) is 5.75 Å². The summed E-state index contributed by atoms with van der Waals surface area (Å²) in [5, 5.41) is 0. The molecule has 2 nitrogen and oxygen atoms in total. The third-order valence-corrected chi connectivity index (χ3v) is 1.97. The van der Waals surface area contributed by atoms with Gasteiger partial charge >= 0.3 is 0 Å². The fourth-order valence-electron chi connectivity index (χ4n) is 1.07. The quantitative estimate of drug-likeness (QED) is 0.819. The normalized spacial score (nSPS) is 11.5. The van der Waals surface area contributed by atoms with Gasteiger partial charge < -0.3 is 10.5 Å². The van der Waals surface area contributed by atoms with Gasteiger partial charge in [0, 0.05) is 13.0 Å².